The Kier molecular flexibility index (Phi) is 7.59. The van der Waals surface area contributed by atoms with Crippen LogP contribution in [0.2, 0.25) is 5.02 Å². The maximum absolute atomic E-state index is 13.1. The zero-order valence-electron chi connectivity index (χ0n) is 18.9. The first kappa shape index (κ1) is 25.6. The third-order valence-electron chi connectivity index (χ3n) is 5.56. The lowest BCUT2D eigenvalue weighted by molar-refractivity contribution is 0.0408. The van der Waals surface area contributed by atoms with E-state index in [1.165, 1.54) is 30.3 Å². The van der Waals surface area contributed by atoms with Crippen LogP contribution in [0.25, 0.3) is 10.9 Å². The molecular formula is C23H23ClN4O7S. The van der Waals surface area contributed by atoms with Gasteiger partial charge in [-0.3, -0.25) is 19.0 Å². The molecule has 0 bridgehead atoms. The summed E-state index contributed by atoms with van der Waals surface area (Å²) in [5.74, 6) is -1.61. The lowest BCUT2D eigenvalue weighted by Gasteiger charge is -2.26. The largest absolute Gasteiger partial charge is 0.477 e. The number of anilines is 2. The molecule has 3 aromatic rings. The van der Waals surface area contributed by atoms with Gasteiger partial charge in [0.05, 0.1) is 30.2 Å². The number of ether oxygens (including phenoxy) is 1. The van der Waals surface area contributed by atoms with Crippen LogP contribution in [0.15, 0.2) is 53.5 Å². The number of rotatable bonds is 7. The predicted octanol–water partition coefficient (Wildman–Crippen LogP) is 2.51. The molecule has 0 atom stereocenters. The molecule has 4 rings (SSSR count). The summed E-state index contributed by atoms with van der Waals surface area (Å²) in [5, 5.41) is 12.2. The highest BCUT2D eigenvalue weighted by atomic mass is 35.5. The van der Waals surface area contributed by atoms with Crippen LogP contribution in [0, 0.1) is 0 Å². The van der Waals surface area contributed by atoms with E-state index in [9.17, 15) is 27.9 Å². The van der Waals surface area contributed by atoms with E-state index in [1.54, 1.807) is 12.1 Å². The third kappa shape index (κ3) is 6.02. The van der Waals surface area contributed by atoms with Crippen molar-refractivity contribution in [3.63, 3.8) is 0 Å². The standard InChI is InChI=1S/C23H23ClN4O7S/c24-15-11-16(13-17(12-15)26-36(33,34)10-7-27-5-8-35-9-6-27)25-23(32)28-14-19(22(30)31)21(29)18-3-1-2-4-20(18)28/h1-4,11-14,26H,5-10H2,(H,25,32)(H,30,31). The molecule has 190 valence electrons. The second kappa shape index (κ2) is 10.7. The Balaban J connectivity index is 1.55. The fraction of sp³-hybridized carbons (Fsp3) is 0.261. The topological polar surface area (TPSA) is 147 Å². The van der Waals surface area contributed by atoms with Gasteiger partial charge in [0.2, 0.25) is 15.5 Å². The SMILES string of the molecule is O=C(O)c1cn(C(=O)Nc2cc(Cl)cc(NS(=O)(=O)CCN3CCOCC3)c2)c2ccccc2c1=O. The Bertz CT molecular complexity index is 1480. The number of amides is 1. The minimum absolute atomic E-state index is 0.0624. The van der Waals surface area contributed by atoms with Crippen LogP contribution < -0.4 is 15.5 Å². The summed E-state index contributed by atoms with van der Waals surface area (Å²) in [6.07, 6.45) is 0.947. The van der Waals surface area contributed by atoms with Crippen LogP contribution in [0.5, 0.6) is 0 Å². The van der Waals surface area contributed by atoms with Gasteiger partial charge in [-0.2, -0.15) is 0 Å². The van der Waals surface area contributed by atoms with Crippen LogP contribution in [-0.4, -0.2) is 73.6 Å². The number of halogens is 1. The Labute approximate surface area is 211 Å². The highest BCUT2D eigenvalue weighted by Gasteiger charge is 2.19. The Morgan fingerprint density at radius 3 is 2.50 bits per heavy atom. The number of nitrogens with one attached hydrogen (secondary N) is 2. The number of carbonyl (C=O) groups is 2. The minimum atomic E-state index is -3.71. The summed E-state index contributed by atoms with van der Waals surface area (Å²) in [6.45, 7) is 2.78. The first-order valence-corrected chi connectivity index (χ1v) is 13.0. The van der Waals surface area contributed by atoms with Crippen molar-refractivity contribution in [3.8, 4) is 0 Å². The fourth-order valence-corrected chi connectivity index (χ4v) is 5.12. The average molecular weight is 535 g/mol. The molecule has 1 saturated heterocycles. The van der Waals surface area contributed by atoms with Crippen LogP contribution in [0.1, 0.15) is 10.4 Å². The smallest absolute Gasteiger partial charge is 0.341 e. The zero-order valence-corrected chi connectivity index (χ0v) is 20.5. The molecule has 1 amide bonds. The molecule has 2 aromatic carbocycles. The van der Waals surface area contributed by atoms with Crippen molar-refractivity contribution in [2.75, 3.05) is 48.6 Å². The summed E-state index contributed by atoms with van der Waals surface area (Å²) in [5.41, 5.74) is -0.757. The first-order valence-electron chi connectivity index (χ1n) is 10.9. The second-order valence-corrected chi connectivity index (χ2v) is 10.4. The van der Waals surface area contributed by atoms with Gasteiger partial charge < -0.3 is 15.2 Å². The van der Waals surface area contributed by atoms with Crippen molar-refractivity contribution in [1.82, 2.24) is 9.47 Å². The minimum Gasteiger partial charge on any atom is -0.477 e. The highest BCUT2D eigenvalue weighted by molar-refractivity contribution is 7.92. The fourth-order valence-electron chi connectivity index (χ4n) is 3.81. The number of fused-ring (bicyclic) bond motifs is 1. The van der Waals surface area contributed by atoms with E-state index in [-0.39, 0.29) is 33.1 Å². The molecule has 0 saturated carbocycles. The normalized spacial score (nSPS) is 14.5. The Morgan fingerprint density at radius 2 is 1.78 bits per heavy atom. The Hall–Kier alpha value is -3.45. The number of nitrogens with zero attached hydrogens (tertiary/aromatic N) is 2. The summed E-state index contributed by atoms with van der Waals surface area (Å²) in [4.78, 5) is 39.1. The number of carboxylic acid groups (broad SMARTS) is 1. The van der Waals surface area contributed by atoms with E-state index >= 15 is 0 Å². The van der Waals surface area contributed by atoms with Gasteiger partial charge in [0.1, 0.15) is 5.56 Å². The van der Waals surface area contributed by atoms with E-state index in [0.29, 0.717) is 32.8 Å². The molecule has 0 radical (unpaired) electrons. The molecular weight excluding hydrogens is 512 g/mol. The molecule has 2 heterocycles. The molecule has 11 nitrogen and oxygen atoms in total. The van der Waals surface area contributed by atoms with Crippen molar-refractivity contribution in [2.24, 2.45) is 0 Å². The maximum Gasteiger partial charge on any atom is 0.341 e. The summed E-state index contributed by atoms with van der Waals surface area (Å²) in [7, 11) is -3.71. The van der Waals surface area contributed by atoms with Gasteiger partial charge in [0.15, 0.2) is 0 Å². The lowest BCUT2D eigenvalue weighted by atomic mass is 10.1. The predicted molar refractivity (Wildman–Crippen MR) is 136 cm³/mol. The molecule has 3 N–H and O–H groups in total. The van der Waals surface area contributed by atoms with Crippen molar-refractivity contribution >= 4 is 55.9 Å². The molecule has 1 aliphatic heterocycles. The number of para-hydroxylation sites is 1. The molecule has 1 aromatic heterocycles. The van der Waals surface area contributed by atoms with E-state index in [0.717, 1.165) is 10.8 Å². The lowest BCUT2D eigenvalue weighted by Crippen LogP contribution is -2.39. The van der Waals surface area contributed by atoms with Crippen LogP contribution in [0.4, 0.5) is 16.2 Å². The van der Waals surface area contributed by atoms with Crippen molar-refractivity contribution in [2.45, 2.75) is 0 Å². The molecule has 36 heavy (non-hydrogen) atoms. The number of morpholine rings is 1. The van der Waals surface area contributed by atoms with Gasteiger partial charge in [-0.15, -0.1) is 0 Å². The molecule has 0 unspecified atom stereocenters. The average Bonchev–Trinajstić information content (AvgIpc) is 2.83. The van der Waals surface area contributed by atoms with E-state index in [4.69, 9.17) is 16.3 Å². The Morgan fingerprint density at radius 1 is 1.08 bits per heavy atom. The number of sulfonamides is 1. The molecule has 13 heteroatoms. The highest BCUT2D eigenvalue weighted by Crippen LogP contribution is 2.24. The number of aromatic carboxylic acids is 1. The van der Waals surface area contributed by atoms with Crippen LogP contribution in [-0.2, 0) is 14.8 Å². The molecule has 1 aliphatic rings. The second-order valence-electron chi connectivity index (χ2n) is 8.10. The number of aromatic nitrogens is 1. The number of hydrogen-bond acceptors (Lipinski definition) is 7. The zero-order chi connectivity index (χ0) is 25.9. The van der Waals surface area contributed by atoms with Crippen molar-refractivity contribution < 1.29 is 27.9 Å². The van der Waals surface area contributed by atoms with Crippen molar-refractivity contribution in [1.29, 1.82) is 0 Å². The van der Waals surface area contributed by atoms with Crippen LogP contribution >= 0.6 is 11.6 Å². The number of carboxylic acids is 1. The monoisotopic (exact) mass is 534 g/mol. The summed E-state index contributed by atoms with van der Waals surface area (Å²) in [6, 6.07) is 9.54. The molecule has 0 aliphatic carbocycles. The van der Waals surface area contributed by atoms with Crippen molar-refractivity contribution in [3.05, 3.63) is 69.5 Å². The van der Waals surface area contributed by atoms with Gasteiger partial charge in [-0.1, -0.05) is 23.7 Å². The van der Waals surface area contributed by atoms with Gasteiger partial charge in [-0.05, 0) is 30.3 Å². The number of benzene rings is 2. The molecule has 1 fully saturated rings. The maximum atomic E-state index is 13.1. The summed E-state index contributed by atoms with van der Waals surface area (Å²) >= 11 is 6.16. The number of carbonyl (C=O) groups excluding carboxylic acids is 1. The van der Waals surface area contributed by atoms with Gasteiger partial charge >= 0.3 is 12.0 Å². The number of pyridine rings is 1. The molecule has 0 spiro atoms. The van der Waals surface area contributed by atoms with Gasteiger partial charge in [-0.25, -0.2) is 18.0 Å². The van der Waals surface area contributed by atoms with Crippen LogP contribution in [0.3, 0.4) is 0 Å². The van der Waals surface area contributed by atoms with E-state index < -0.39 is 33.0 Å². The number of hydrogen-bond donors (Lipinski definition) is 3. The summed E-state index contributed by atoms with van der Waals surface area (Å²) < 4.78 is 33.9. The first-order chi connectivity index (χ1) is 17.1. The van der Waals surface area contributed by atoms with E-state index in [2.05, 4.69) is 10.0 Å². The van der Waals surface area contributed by atoms with Gasteiger partial charge in [0, 0.05) is 41.9 Å². The quantitative estimate of drug-likeness (QED) is 0.419. The van der Waals surface area contributed by atoms with E-state index in [1.807, 2.05) is 4.90 Å². The van der Waals surface area contributed by atoms with Gasteiger partial charge in [0.25, 0.3) is 0 Å². The third-order valence-corrected chi connectivity index (χ3v) is 7.05.